The molecule has 2 fully saturated rings. The molecule has 1 aromatic rings. The Bertz CT molecular complexity index is 905. The van der Waals surface area contributed by atoms with Crippen LogP contribution in [-0.2, 0) is 39.9 Å². The molecule has 0 saturated carbocycles. The summed E-state index contributed by atoms with van der Waals surface area (Å²) < 4.78 is 15.9. The van der Waals surface area contributed by atoms with E-state index in [4.69, 9.17) is 24.6 Å². The van der Waals surface area contributed by atoms with Crippen LogP contribution in [0.3, 0.4) is 0 Å². The number of fused-ring (bicyclic) bond motifs is 1. The molecule has 3 N–H and O–H groups in total. The number of aryl methyl sites for hydroxylation is 1. The van der Waals surface area contributed by atoms with Gasteiger partial charge < -0.3 is 14.2 Å². The molecule has 3 atom stereocenters. The molecule has 2 aliphatic rings. The van der Waals surface area contributed by atoms with Crippen LogP contribution in [0.4, 0.5) is 0 Å². The molecule has 13 heteroatoms. The van der Waals surface area contributed by atoms with Gasteiger partial charge in [0.2, 0.25) is 0 Å². The third-order valence-electron chi connectivity index (χ3n) is 6.64. The highest BCUT2D eigenvalue weighted by atomic mass is 17.1. The van der Waals surface area contributed by atoms with E-state index >= 15 is 0 Å². The standard InChI is InChI=1S/C26H40N4O9/c1-2-37-25(32)22(13-12-20-8-4-3-5-9-20)27-21-10-6-14-28-15-7-11-23(29(28)24(21)31)26(33)38-18-16-36-17-19-39-30(34)35/h3-5,8-9,21-23,27,34-35H,2,6-7,10-19H2,1H3. The van der Waals surface area contributed by atoms with Gasteiger partial charge in [-0.3, -0.25) is 30.3 Å². The summed E-state index contributed by atoms with van der Waals surface area (Å²) >= 11 is 0. The molecule has 39 heavy (non-hydrogen) atoms. The number of nitrogens with zero attached hydrogens (tertiary/aromatic N) is 3. The summed E-state index contributed by atoms with van der Waals surface area (Å²) in [4.78, 5) is 43.9. The first-order valence-corrected chi connectivity index (χ1v) is 13.5. The third kappa shape index (κ3) is 9.80. The minimum Gasteiger partial charge on any atom is -0.465 e. The van der Waals surface area contributed by atoms with E-state index in [0.29, 0.717) is 38.8 Å². The SMILES string of the molecule is CCOC(=O)C(CCc1ccccc1)NC1CCCN2CCCC(C(=O)OCCOCCON(O)O)N2C1=O. The lowest BCUT2D eigenvalue weighted by molar-refractivity contribution is -0.493. The van der Waals surface area contributed by atoms with Gasteiger partial charge in [-0.2, -0.15) is 0 Å². The van der Waals surface area contributed by atoms with Gasteiger partial charge in [-0.25, -0.2) is 14.6 Å². The van der Waals surface area contributed by atoms with E-state index in [1.807, 2.05) is 35.3 Å². The van der Waals surface area contributed by atoms with Gasteiger partial charge in [-0.15, -0.1) is 0 Å². The van der Waals surface area contributed by atoms with Crippen molar-refractivity contribution >= 4 is 17.8 Å². The second-order valence-corrected chi connectivity index (χ2v) is 9.35. The van der Waals surface area contributed by atoms with Crippen molar-refractivity contribution in [1.82, 2.24) is 20.7 Å². The molecular weight excluding hydrogens is 512 g/mol. The summed E-state index contributed by atoms with van der Waals surface area (Å²) in [6.07, 6.45) is 3.60. The molecule has 0 radical (unpaired) electrons. The van der Waals surface area contributed by atoms with Crippen LogP contribution in [0.1, 0.15) is 44.6 Å². The second kappa shape index (κ2) is 16.5. The van der Waals surface area contributed by atoms with Crippen molar-refractivity contribution in [2.45, 2.75) is 63.6 Å². The molecule has 2 heterocycles. The first-order chi connectivity index (χ1) is 18.9. The first kappa shape index (κ1) is 30.9. The summed E-state index contributed by atoms with van der Waals surface area (Å²) in [5.41, 5.74) is 1.09. The monoisotopic (exact) mass is 552 g/mol. The molecule has 218 valence electrons. The summed E-state index contributed by atoms with van der Waals surface area (Å²) in [5, 5.41) is 23.2. The molecular formula is C26H40N4O9. The van der Waals surface area contributed by atoms with Crippen LogP contribution >= 0.6 is 0 Å². The van der Waals surface area contributed by atoms with Gasteiger partial charge in [0, 0.05) is 13.1 Å². The fourth-order valence-electron chi connectivity index (χ4n) is 4.83. The number of carbonyl (C=O) groups is 3. The minimum atomic E-state index is -0.764. The second-order valence-electron chi connectivity index (χ2n) is 9.35. The zero-order valence-electron chi connectivity index (χ0n) is 22.4. The maximum atomic E-state index is 13.8. The third-order valence-corrected chi connectivity index (χ3v) is 6.64. The summed E-state index contributed by atoms with van der Waals surface area (Å²) in [5.74, 6) is -1.17. The van der Waals surface area contributed by atoms with E-state index in [0.717, 1.165) is 18.4 Å². The lowest BCUT2D eigenvalue weighted by Crippen LogP contribution is -2.62. The lowest BCUT2D eigenvalue weighted by Gasteiger charge is -2.42. The Morgan fingerprint density at radius 1 is 1.05 bits per heavy atom. The summed E-state index contributed by atoms with van der Waals surface area (Å²) in [6.45, 7) is 3.32. The van der Waals surface area contributed by atoms with Crippen LogP contribution in [0.2, 0.25) is 0 Å². The van der Waals surface area contributed by atoms with E-state index in [1.54, 1.807) is 6.92 Å². The van der Waals surface area contributed by atoms with Gasteiger partial charge in [0.15, 0.2) is 0 Å². The highest BCUT2D eigenvalue weighted by Crippen LogP contribution is 2.25. The highest BCUT2D eigenvalue weighted by Gasteiger charge is 2.43. The van der Waals surface area contributed by atoms with Gasteiger partial charge in [0.05, 0.1) is 37.9 Å². The molecule has 2 aliphatic heterocycles. The summed E-state index contributed by atoms with van der Waals surface area (Å²) in [6, 6.07) is 7.76. The molecule has 0 aliphatic carbocycles. The summed E-state index contributed by atoms with van der Waals surface area (Å²) in [7, 11) is 0. The van der Waals surface area contributed by atoms with Crippen LogP contribution in [0.5, 0.6) is 0 Å². The van der Waals surface area contributed by atoms with E-state index in [-0.39, 0.29) is 38.9 Å². The molecule has 3 unspecified atom stereocenters. The molecule has 0 aromatic heterocycles. The van der Waals surface area contributed by atoms with Crippen LogP contribution in [0.15, 0.2) is 30.3 Å². The molecule has 1 amide bonds. The number of esters is 2. The Morgan fingerprint density at radius 3 is 2.49 bits per heavy atom. The topological polar surface area (TPSA) is 150 Å². The number of hydrogen-bond donors (Lipinski definition) is 3. The predicted molar refractivity (Wildman–Crippen MR) is 136 cm³/mol. The Labute approximate surface area is 228 Å². The number of amides is 1. The average Bonchev–Trinajstić information content (AvgIpc) is 3.09. The van der Waals surface area contributed by atoms with Gasteiger partial charge in [-0.05, 0) is 51.0 Å². The fourth-order valence-corrected chi connectivity index (χ4v) is 4.83. The quantitative estimate of drug-likeness (QED) is 0.162. The molecule has 2 saturated heterocycles. The number of ether oxygens (including phenoxy) is 3. The van der Waals surface area contributed by atoms with Crippen LogP contribution < -0.4 is 5.32 Å². The Hall–Kier alpha value is -2.65. The van der Waals surface area contributed by atoms with Gasteiger partial charge >= 0.3 is 11.9 Å². The molecule has 0 bridgehead atoms. The smallest absolute Gasteiger partial charge is 0.330 e. The first-order valence-electron chi connectivity index (χ1n) is 13.5. The maximum absolute atomic E-state index is 13.8. The van der Waals surface area contributed by atoms with Gasteiger partial charge in [-0.1, -0.05) is 30.3 Å². The van der Waals surface area contributed by atoms with Crippen LogP contribution in [0, 0.1) is 0 Å². The molecule has 13 nitrogen and oxygen atoms in total. The molecule has 0 spiro atoms. The van der Waals surface area contributed by atoms with E-state index in [9.17, 15) is 14.4 Å². The van der Waals surface area contributed by atoms with Crippen molar-refractivity contribution < 1.29 is 43.8 Å². The van der Waals surface area contributed by atoms with Crippen molar-refractivity contribution in [2.75, 3.05) is 46.1 Å². The normalized spacial score (nSPS) is 20.8. The number of hydrogen-bond acceptors (Lipinski definition) is 12. The van der Waals surface area contributed by atoms with Crippen molar-refractivity contribution in [3.05, 3.63) is 35.9 Å². The highest BCUT2D eigenvalue weighted by molar-refractivity contribution is 5.88. The Morgan fingerprint density at radius 2 is 1.77 bits per heavy atom. The lowest BCUT2D eigenvalue weighted by atomic mass is 10.0. The molecule has 3 rings (SSSR count). The zero-order chi connectivity index (χ0) is 28.0. The average molecular weight is 553 g/mol. The maximum Gasteiger partial charge on any atom is 0.330 e. The number of benzene rings is 1. The van der Waals surface area contributed by atoms with Gasteiger partial charge in [0.1, 0.15) is 18.7 Å². The van der Waals surface area contributed by atoms with Crippen molar-refractivity contribution in [1.29, 1.82) is 0 Å². The predicted octanol–water partition coefficient (Wildman–Crippen LogP) is 1.08. The van der Waals surface area contributed by atoms with Crippen molar-refractivity contribution in [3.63, 3.8) is 0 Å². The molecule has 1 aromatic carbocycles. The fraction of sp³-hybridized carbons (Fsp3) is 0.654. The van der Waals surface area contributed by atoms with Crippen LogP contribution in [0.25, 0.3) is 0 Å². The van der Waals surface area contributed by atoms with E-state index in [2.05, 4.69) is 10.2 Å². The van der Waals surface area contributed by atoms with Crippen LogP contribution in [-0.4, -0.2) is 108 Å². The number of nitrogens with one attached hydrogen (secondary N) is 1. The van der Waals surface area contributed by atoms with Gasteiger partial charge in [0.25, 0.3) is 5.91 Å². The van der Waals surface area contributed by atoms with E-state index < -0.39 is 35.5 Å². The number of rotatable bonds is 15. The number of hydrazine groups is 1. The largest absolute Gasteiger partial charge is 0.465 e. The number of carbonyl (C=O) groups excluding carboxylic acids is 3. The Balaban J connectivity index is 1.60. The van der Waals surface area contributed by atoms with Crippen molar-refractivity contribution in [3.8, 4) is 0 Å². The van der Waals surface area contributed by atoms with E-state index in [1.165, 1.54) is 5.01 Å². The minimum absolute atomic E-state index is 0.0224. The zero-order valence-corrected chi connectivity index (χ0v) is 22.4. The Kier molecular flexibility index (Phi) is 13.0. The van der Waals surface area contributed by atoms with Crippen molar-refractivity contribution in [2.24, 2.45) is 0 Å².